The molecule has 0 spiro atoms. The van der Waals surface area contributed by atoms with Crippen LogP contribution in [-0.4, -0.2) is 14.8 Å². The molecule has 0 aliphatic carbocycles. The van der Waals surface area contributed by atoms with Crippen molar-refractivity contribution in [2.75, 3.05) is 0 Å². The van der Waals surface area contributed by atoms with Crippen LogP contribution in [0.15, 0.2) is 85.9 Å². The molecule has 7 heteroatoms. The highest BCUT2D eigenvalue weighted by molar-refractivity contribution is 6.16. The summed E-state index contributed by atoms with van der Waals surface area (Å²) < 4.78 is 1.00. The number of hydrogen-bond donors (Lipinski definition) is 2. The van der Waals surface area contributed by atoms with Gasteiger partial charge in [-0.3, -0.25) is 19.2 Å². The molecule has 0 saturated carbocycles. The van der Waals surface area contributed by atoms with Crippen molar-refractivity contribution >= 4 is 43.1 Å². The van der Waals surface area contributed by atoms with Gasteiger partial charge in [-0.25, -0.2) is 4.57 Å². The molecule has 0 unspecified atom stereocenters. The molecule has 2 N–H and O–H groups in total. The van der Waals surface area contributed by atoms with Gasteiger partial charge >= 0.3 is 0 Å². The lowest BCUT2D eigenvalue weighted by Crippen LogP contribution is -2.23. The molecule has 33 heavy (non-hydrogen) atoms. The summed E-state index contributed by atoms with van der Waals surface area (Å²) in [6.07, 6.45) is 0. The highest BCUT2D eigenvalue weighted by Gasteiger charge is 2.23. The molecule has 0 radical (unpaired) electrons. The molecule has 0 aliphatic heterocycles. The number of benzene rings is 5. The molecule has 0 atom stereocenters. The standard InChI is InChI=1S/C26H13NO6/c28-21-13-8-4-5-9-14(13)22(29)20-19(21)23(30)15-10-17-18(11-16(15)24(20)31)26(33)27(25(17)32)12-6-2-1-3-7-12/h1-11,30-31H. The summed E-state index contributed by atoms with van der Waals surface area (Å²) in [7, 11) is 0. The summed E-state index contributed by atoms with van der Waals surface area (Å²) in [4.78, 5) is 52.3. The Morgan fingerprint density at radius 2 is 0.939 bits per heavy atom. The van der Waals surface area contributed by atoms with Gasteiger partial charge in [0.15, 0.2) is 10.9 Å². The zero-order valence-electron chi connectivity index (χ0n) is 16.8. The Balaban J connectivity index is 1.86. The minimum absolute atomic E-state index is 0.00147. The SMILES string of the molecule is O=c1c2ccccc2c(=O)c2c(O)c3cc4c(=O)n(-c5ccccc5)c(=O)c4cc3c(O)c12. The second kappa shape index (κ2) is 6.37. The number of fused-ring (bicyclic) bond motifs is 4. The molecule has 0 bridgehead atoms. The van der Waals surface area contributed by atoms with Gasteiger partial charge in [-0.2, -0.15) is 0 Å². The third-order valence-electron chi connectivity index (χ3n) is 6.14. The largest absolute Gasteiger partial charge is 0.506 e. The van der Waals surface area contributed by atoms with E-state index in [-0.39, 0.29) is 43.1 Å². The molecular formula is C26H13NO6. The van der Waals surface area contributed by atoms with Crippen molar-refractivity contribution in [1.82, 2.24) is 4.57 Å². The monoisotopic (exact) mass is 435 g/mol. The first kappa shape index (κ1) is 18.9. The number of aromatic nitrogens is 1. The van der Waals surface area contributed by atoms with Gasteiger partial charge in [-0.05, 0) is 24.3 Å². The van der Waals surface area contributed by atoms with Crippen molar-refractivity contribution in [2.45, 2.75) is 0 Å². The summed E-state index contributed by atoms with van der Waals surface area (Å²) in [6.45, 7) is 0. The van der Waals surface area contributed by atoms with E-state index in [0.29, 0.717) is 5.69 Å². The molecule has 0 saturated heterocycles. The van der Waals surface area contributed by atoms with Crippen LogP contribution in [0.2, 0.25) is 0 Å². The van der Waals surface area contributed by atoms with Crippen LogP contribution in [0.5, 0.6) is 11.5 Å². The van der Waals surface area contributed by atoms with Crippen LogP contribution in [0.1, 0.15) is 0 Å². The molecule has 5 aromatic carbocycles. The lowest BCUT2D eigenvalue weighted by molar-refractivity contribution is 0.478. The van der Waals surface area contributed by atoms with Gasteiger partial charge in [0.05, 0.1) is 27.2 Å². The van der Waals surface area contributed by atoms with E-state index in [1.54, 1.807) is 42.5 Å². The lowest BCUT2D eigenvalue weighted by Gasteiger charge is -2.10. The zero-order chi connectivity index (χ0) is 23.0. The van der Waals surface area contributed by atoms with Crippen molar-refractivity contribution in [3.8, 4) is 17.2 Å². The molecular weight excluding hydrogens is 422 g/mol. The fourth-order valence-electron chi connectivity index (χ4n) is 4.59. The highest BCUT2D eigenvalue weighted by Crippen LogP contribution is 2.40. The van der Waals surface area contributed by atoms with Gasteiger partial charge in [0, 0.05) is 21.5 Å². The van der Waals surface area contributed by atoms with E-state index in [0.717, 1.165) is 4.57 Å². The van der Waals surface area contributed by atoms with Crippen molar-refractivity contribution < 1.29 is 10.2 Å². The summed E-state index contributed by atoms with van der Waals surface area (Å²) >= 11 is 0. The Kier molecular flexibility index (Phi) is 3.65. The fraction of sp³-hybridized carbons (Fsp3) is 0. The Hall–Kier alpha value is -4.78. The van der Waals surface area contributed by atoms with Gasteiger partial charge in [0.25, 0.3) is 11.1 Å². The number of aromatic hydroxyl groups is 2. The Morgan fingerprint density at radius 1 is 0.515 bits per heavy atom. The van der Waals surface area contributed by atoms with E-state index in [9.17, 15) is 29.4 Å². The third-order valence-corrected chi connectivity index (χ3v) is 6.14. The second-order valence-corrected chi connectivity index (χ2v) is 7.88. The normalized spacial score (nSPS) is 11.8. The second-order valence-electron chi connectivity index (χ2n) is 7.88. The molecule has 0 fully saturated rings. The van der Waals surface area contributed by atoms with Gasteiger partial charge in [0.2, 0.25) is 0 Å². The molecule has 6 rings (SSSR count). The number of nitrogens with zero attached hydrogens (tertiary/aromatic N) is 1. The number of phenols is 2. The summed E-state index contributed by atoms with van der Waals surface area (Å²) in [5, 5.41) is 21.7. The number of para-hydroxylation sites is 1. The summed E-state index contributed by atoms with van der Waals surface area (Å²) in [6, 6.07) is 17.1. The van der Waals surface area contributed by atoms with Gasteiger partial charge in [-0.1, -0.05) is 42.5 Å². The number of rotatable bonds is 1. The average molecular weight is 435 g/mol. The molecule has 1 heterocycles. The van der Waals surface area contributed by atoms with Crippen molar-refractivity contribution in [1.29, 1.82) is 0 Å². The van der Waals surface area contributed by atoms with Crippen LogP contribution in [0.3, 0.4) is 0 Å². The predicted octanol–water partition coefficient (Wildman–Crippen LogP) is 2.82. The number of hydrogen-bond acceptors (Lipinski definition) is 6. The van der Waals surface area contributed by atoms with Gasteiger partial charge < -0.3 is 10.2 Å². The first-order valence-corrected chi connectivity index (χ1v) is 10.1. The maximum Gasteiger partial charge on any atom is 0.266 e. The van der Waals surface area contributed by atoms with E-state index < -0.39 is 33.5 Å². The van der Waals surface area contributed by atoms with Crippen LogP contribution in [0.25, 0.3) is 48.8 Å². The van der Waals surface area contributed by atoms with Crippen molar-refractivity contribution in [3.63, 3.8) is 0 Å². The predicted molar refractivity (Wildman–Crippen MR) is 127 cm³/mol. The van der Waals surface area contributed by atoms with Crippen molar-refractivity contribution in [3.05, 3.63) is 108 Å². The van der Waals surface area contributed by atoms with Crippen LogP contribution in [-0.2, 0) is 0 Å². The smallest absolute Gasteiger partial charge is 0.266 e. The van der Waals surface area contributed by atoms with Crippen molar-refractivity contribution in [2.24, 2.45) is 0 Å². The van der Waals surface area contributed by atoms with E-state index in [2.05, 4.69) is 0 Å². The van der Waals surface area contributed by atoms with Crippen LogP contribution in [0.4, 0.5) is 0 Å². The van der Waals surface area contributed by atoms with E-state index >= 15 is 0 Å². The van der Waals surface area contributed by atoms with Crippen LogP contribution in [0, 0.1) is 0 Å². The highest BCUT2D eigenvalue weighted by atomic mass is 16.3. The quantitative estimate of drug-likeness (QED) is 0.303. The first-order chi connectivity index (χ1) is 15.9. The molecule has 7 nitrogen and oxygen atoms in total. The minimum atomic E-state index is -0.608. The maximum absolute atomic E-state index is 13.1. The fourth-order valence-corrected chi connectivity index (χ4v) is 4.59. The molecule has 6 aromatic rings. The van der Waals surface area contributed by atoms with E-state index in [4.69, 9.17) is 0 Å². The third kappa shape index (κ3) is 2.33. The Morgan fingerprint density at radius 3 is 1.39 bits per heavy atom. The number of phenolic OH excluding ortho intramolecular Hbond substituents is 2. The topological polar surface area (TPSA) is 114 Å². The molecule has 0 amide bonds. The van der Waals surface area contributed by atoms with Gasteiger partial charge in [-0.15, -0.1) is 0 Å². The van der Waals surface area contributed by atoms with E-state index in [1.165, 1.54) is 24.3 Å². The summed E-state index contributed by atoms with van der Waals surface area (Å²) in [5.41, 5.74) is -2.02. The average Bonchev–Trinajstić information content (AvgIpc) is 3.08. The minimum Gasteiger partial charge on any atom is -0.506 e. The lowest BCUT2D eigenvalue weighted by atomic mass is 9.95. The Bertz CT molecular complexity index is 1890. The maximum atomic E-state index is 13.1. The molecule has 158 valence electrons. The Labute approximate surface area is 183 Å². The van der Waals surface area contributed by atoms with Crippen LogP contribution < -0.4 is 22.0 Å². The molecule has 0 aliphatic rings. The molecule has 1 aromatic heterocycles. The van der Waals surface area contributed by atoms with Crippen LogP contribution >= 0.6 is 0 Å². The zero-order valence-corrected chi connectivity index (χ0v) is 16.8. The van der Waals surface area contributed by atoms with Gasteiger partial charge in [0.1, 0.15) is 11.5 Å². The summed E-state index contributed by atoms with van der Waals surface area (Å²) in [5.74, 6) is -1.04. The van der Waals surface area contributed by atoms with E-state index in [1.807, 2.05) is 0 Å². The first-order valence-electron chi connectivity index (χ1n) is 10.1.